The van der Waals surface area contributed by atoms with Crippen LogP contribution in [0.25, 0.3) is 0 Å². The van der Waals surface area contributed by atoms with Crippen molar-refractivity contribution in [2.75, 3.05) is 19.8 Å². The third kappa shape index (κ3) is 2.50. The molecule has 1 fully saturated rings. The molecule has 7 nitrogen and oxygen atoms in total. The van der Waals surface area contributed by atoms with Gasteiger partial charge >= 0.3 is 12.0 Å². The molecule has 2 bridgehead atoms. The molecule has 1 unspecified atom stereocenters. The fourth-order valence-corrected chi connectivity index (χ4v) is 3.10. The number of esters is 1. The molecule has 2 amide bonds. The highest BCUT2D eigenvalue weighted by molar-refractivity contribution is 5.93. The third-order valence-corrected chi connectivity index (χ3v) is 4.11. The highest BCUT2D eigenvalue weighted by Crippen LogP contribution is 2.43. The van der Waals surface area contributed by atoms with Gasteiger partial charge in [-0.25, -0.2) is 9.59 Å². The van der Waals surface area contributed by atoms with E-state index in [1.54, 1.807) is 19.1 Å². The molecule has 2 heterocycles. The van der Waals surface area contributed by atoms with Gasteiger partial charge in [-0.3, -0.25) is 5.21 Å². The summed E-state index contributed by atoms with van der Waals surface area (Å²) in [7, 11) is 0. The van der Waals surface area contributed by atoms with Crippen LogP contribution in [0.15, 0.2) is 12.1 Å². The first-order valence-corrected chi connectivity index (χ1v) is 7.81. The first-order valence-electron chi connectivity index (χ1n) is 7.81. The number of rotatable bonds is 5. The summed E-state index contributed by atoms with van der Waals surface area (Å²) in [6, 6.07) is 2.40. The van der Waals surface area contributed by atoms with E-state index in [2.05, 4.69) is 0 Å². The fourth-order valence-electron chi connectivity index (χ4n) is 3.10. The Balaban J connectivity index is 2.09. The minimum atomic E-state index is -0.521. The number of nitrogens with zero attached hydrogens (tertiary/aromatic N) is 2. The van der Waals surface area contributed by atoms with E-state index in [-0.39, 0.29) is 13.2 Å². The van der Waals surface area contributed by atoms with E-state index in [1.807, 2.05) is 6.92 Å². The summed E-state index contributed by atoms with van der Waals surface area (Å²) in [5, 5.41) is 10.8. The van der Waals surface area contributed by atoms with Crippen molar-refractivity contribution in [2.24, 2.45) is 0 Å². The number of amides is 2. The monoisotopic (exact) mass is 320 g/mol. The first-order chi connectivity index (χ1) is 11.1. The number of fused-ring (bicyclic) bond motifs is 4. The number of hydroxylamine groups is 2. The molecule has 2 aliphatic rings. The van der Waals surface area contributed by atoms with E-state index in [9.17, 15) is 14.8 Å². The molecule has 124 valence electrons. The molecule has 1 saturated heterocycles. The Hall–Kier alpha value is -2.28. The van der Waals surface area contributed by atoms with Crippen molar-refractivity contribution >= 4 is 12.0 Å². The molecule has 0 saturated carbocycles. The van der Waals surface area contributed by atoms with Gasteiger partial charge in [-0.1, -0.05) is 6.92 Å². The van der Waals surface area contributed by atoms with Crippen LogP contribution in [0.2, 0.25) is 0 Å². The maximum absolute atomic E-state index is 12.2. The van der Waals surface area contributed by atoms with Crippen LogP contribution in [-0.4, -0.2) is 46.9 Å². The average molecular weight is 320 g/mol. The number of carbonyl (C=O) groups is 2. The Labute approximate surface area is 134 Å². The summed E-state index contributed by atoms with van der Waals surface area (Å²) in [5.74, 6) is 0.179. The molecular formula is C16H20N2O5. The largest absolute Gasteiger partial charge is 0.493 e. The van der Waals surface area contributed by atoms with Crippen molar-refractivity contribution < 1.29 is 24.3 Å². The van der Waals surface area contributed by atoms with E-state index >= 15 is 0 Å². The number of hydrogen-bond donors (Lipinski definition) is 1. The second-order valence-corrected chi connectivity index (χ2v) is 5.60. The third-order valence-electron chi connectivity index (χ3n) is 4.11. The molecule has 0 spiro atoms. The molecule has 3 rings (SSSR count). The van der Waals surface area contributed by atoms with Crippen molar-refractivity contribution in [3.63, 3.8) is 0 Å². The Morgan fingerprint density at radius 3 is 2.87 bits per heavy atom. The lowest BCUT2D eigenvalue weighted by molar-refractivity contribution is -0.0591. The molecule has 1 N–H and O–H groups in total. The van der Waals surface area contributed by atoms with Gasteiger partial charge in [0.1, 0.15) is 11.8 Å². The Morgan fingerprint density at radius 1 is 1.39 bits per heavy atom. The SMILES string of the molecule is CCCOc1ccc(C(=O)OCC)c2c1C1CN(C2)C(=O)N1O. The van der Waals surface area contributed by atoms with Crippen molar-refractivity contribution in [2.45, 2.75) is 32.9 Å². The summed E-state index contributed by atoms with van der Waals surface area (Å²) < 4.78 is 10.9. The molecule has 0 radical (unpaired) electrons. The van der Waals surface area contributed by atoms with Crippen LogP contribution in [0.1, 0.15) is 47.8 Å². The van der Waals surface area contributed by atoms with Gasteiger partial charge in [-0.15, -0.1) is 0 Å². The normalized spacial score (nSPS) is 18.9. The predicted octanol–water partition coefficient (Wildman–Crippen LogP) is 2.33. The smallest absolute Gasteiger partial charge is 0.344 e. The van der Waals surface area contributed by atoms with Crippen LogP contribution < -0.4 is 4.74 Å². The zero-order valence-corrected chi connectivity index (χ0v) is 13.2. The number of carbonyl (C=O) groups excluding carboxylic acids is 2. The van der Waals surface area contributed by atoms with Crippen LogP contribution in [-0.2, 0) is 11.3 Å². The molecule has 0 aromatic heterocycles. The summed E-state index contributed by atoms with van der Waals surface area (Å²) in [4.78, 5) is 25.7. The van der Waals surface area contributed by atoms with Crippen LogP contribution in [0, 0.1) is 0 Å². The fraction of sp³-hybridized carbons (Fsp3) is 0.500. The highest BCUT2D eigenvalue weighted by atomic mass is 16.5. The van der Waals surface area contributed by atoms with Gasteiger partial charge < -0.3 is 14.4 Å². The van der Waals surface area contributed by atoms with Crippen molar-refractivity contribution in [3.8, 4) is 5.75 Å². The van der Waals surface area contributed by atoms with Crippen molar-refractivity contribution in [1.29, 1.82) is 0 Å². The van der Waals surface area contributed by atoms with Gasteiger partial charge in [0, 0.05) is 12.1 Å². The maximum atomic E-state index is 12.2. The molecule has 1 atom stereocenters. The zero-order chi connectivity index (χ0) is 16.6. The van der Waals surface area contributed by atoms with Crippen molar-refractivity contribution in [1.82, 2.24) is 9.96 Å². The minimum Gasteiger partial charge on any atom is -0.493 e. The second-order valence-electron chi connectivity index (χ2n) is 5.60. The second kappa shape index (κ2) is 6.08. The molecular weight excluding hydrogens is 300 g/mol. The molecule has 1 aromatic carbocycles. The van der Waals surface area contributed by atoms with Gasteiger partial charge in [0.05, 0.1) is 25.3 Å². The number of ether oxygens (including phenoxy) is 2. The van der Waals surface area contributed by atoms with E-state index < -0.39 is 18.0 Å². The Kier molecular flexibility index (Phi) is 4.12. The summed E-state index contributed by atoms with van der Waals surface area (Å²) in [5.41, 5.74) is 1.82. The van der Waals surface area contributed by atoms with Crippen LogP contribution in [0.5, 0.6) is 5.75 Å². The van der Waals surface area contributed by atoms with Gasteiger partial charge in [0.2, 0.25) is 0 Å². The predicted molar refractivity (Wildman–Crippen MR) is 80.4 cm³/mol. The van der Waals surface area contributed by atoms with E-state index in [0.717, 1.165) is 11.5 Å². The molecule has 7 heteroatoms. The average Bonchev–Trinajstić information content (AvgIpc) is 2.77. The summed E-state index contributed by atoms with van der Waals surface area (Å²) in [6.07, 6.45) is 0.840. The number of benzene rings is 1. The Morgan fingerprint density at radius 2 is 2.17 bits per heavy atom. The van der Waals surface area contributed by atoms with Crippen molar-refractivity contribution in [3.05, 3.63) is 28.8 Å². The zero-order valence-electron chi connectivity index (χ0n) is 13.2. The van der Waals surface area contributed by atoms with E-state index in [1.165, 1.54) is 4.90 Å². The number of hydrogen-bond acceptors (Lipinski definition) is 5. The standard InChI is InChI=1S/C16H20N2O5/c1-3-7-23-13-6-5-10(15(19)22-4-2)11-8-17-9-12(14(11)13)18(21)16(17)20/h5-6,12,21H,3-4,7-9H2,1-2H3. The quantitative estimate of drug-likeness (QED) is 0.665. The van der Waals surface area contributed by atoms with Crippen LogP contribution >= 0.6 is 0 Å². The van der Waals surface area contributed by atoms with E-state index in [0.29, 0.717) is 35.6 Å². The molecule has 2 aliphatic heterocycles. The lowest BCUT2D eigenvalue weighted by atomic mass is 9.91. The molecule has 0 aliphatic carbocycles. The van der Waals surface area contributed by atoms with E-state index in [4.69, 9.17) is 9.47 Å². The first kappa shape index (κ1) is 15.6. The molecule has 23 heavy (non-hydrogen) atoms. The summed E-state index contributed by atoms with van der Waals surface area (Å²) >= 11 is 0. The molecule has 1 aromatic rings. The van der Waals surface area contributed by atoms with Gasteiger partial charge in [0.25, 0.3) is 0 Å². The minimum absolute atomic E-state index is 0.263. The number of urea groups is 1. The highest BCUT2D eigenvalue weighted by Gasteiger charge is 2.45. The van der Waals surface area contributed by atoms with Gasteiger partial charge in [0.15, 0.2) is 0 Å². The Bertz CT molecular complexity index is 646. The maximum Gasteiger partial charge on any atom is 0.344 e. The summed E-state index contributed by atoms with van der Waals surface area (Å²) in [6.45, 7) is 5.20. The lowest BCUT2D eigenvalue weighted by Gasteiger charge is -2.28. The van der Waals surface area contributed by atoms with Crippen LogP contribution in [0.3, 0.4) is 0 Å². The lowest BCUT2D eigenvalue weighted by Crippen LogP contribution is -2.30. The van der Waals surface area contributed by atoms with Gasteiger partial charge in [-0.2, -0.15) is 5.06 Å². The topological polar surface area (TPSA) is 79.3 Å². The van der Waals surface area contributed by atoms with Gasteiger partial charge in [-0.05, 0) is 31.0 Å². The van der Waals surface area contributed by atoms with Crippen LogP contribution in [0.4, 0.5) is 4.79 Å².